The third-order valence-electron chi connectivity index (χ3n) is 2.35. The summed E-state index contributed by atoms with van der Waals surface area (Å²) in [6.45, 7) is 3.39. The van der Waals surface area contributed by atoms with Crippen molar-refractivity contribution in [1.82, 2.24) is 20.4 Å². The molecule has 2 N–H and O–H groups in total. The molecule has 4 amide bonds. The van der Waals surface area contributed by atoms with Crippen molar-refractivity contribution in [3.8, 4) is 0 Å². The van der Waals surface area contributed by atoms with Crippen LogP contribution in [0.4, 0.5) is 9.59 Å². The lowest BCUT2D eigenvalue weighted by atomic mass is 10.4. The summed E-state index contributed by atoms with van der Waals surface area (Å²) >= 11 is 0. The second-order valence-electron chi connectivity index (χ2n) is 3.66. The van der Waals surface area contributed by atoms with E-state index in [1.54, 1.807) is 9.80 Å². The highest BCUT2D eigenvalue weighted by molar-refractivity contribution is 5.75. The van der Waals surface area contributed by atoms with Gasteiger partial charge in [0.15, 0.2) is 0 Å². The van der Waals surface area contributed by atoms with Gasteiger partial charge >= 0.3 is 12.1 Å². The van der Waals surface area contributed by atoms with Crippen molar-refractivity contribution in [3.05, 3.63) is 0 Å². The normalized spacial score (nSPS) is 20.4. The minimum Gasteiger partial charge on any atom is -0.338 e. The van der Waals surface area contributed by atoms with Crippen LogP contribution < -0.4 is 10.6 Å². The second-order valence-corrected chi connectivity index (χ2v) is 3.66. The summed E-state index contributed by atoms with van der Waals surface area (Å²) in [6, 6.07) is 0.0938. The lowest BCUT2D eigenvalue weighted by Gasteiger charge is -2.11. The van der Waals surface area contributed by atoms with Gasteiger partial charge in [-0.05, 0) is 6.42 Å². The first kappa shape index (κ1) is 11.6. The molecule has 2 rings (SSSR count). The molecule has 2 fully saturated rings. The summed E-state index contributed by atoms with van der Waals surface area (Å²) < 4.78 is 0. The van der Waals surface area contributed by atoms with Gasteiger partial charge in [-0.3, -0.25) is 0 Å². The van der Waals surface area contributed by atoms with Crippen LogP contribution in [0.1, 0.15) is 6.42 Å². The van der Waals surface area contributed by atoms with Gasteiger partial charge in [-0.1, -0.05) is 0 Å². The largest absolute Gasteiger partial charge is 0.338 e. The molecular weight excluding hydrogens is 196 g/mol. The van der Waals surface area contributed by atoms with Crippen molar-refractivity contribution < 1.29 is 9.59 Å². The van der Waals surface area contributed by atoms with Gasteiger partial charge in [0.1, 0.15) is 0 Å². The Balaban J connectivity index is 0.000000151. The molecule has 0 aromatic rings. The number of rotatable bonds is 0. The van der Waals surface area contributed by atoms with Crippen LogP contribution >= 0.6 is 0 Å². The molecule has 0 unspecified atom stereocenters. The number of carbonyl (C=O) groups is 2. The van der Waals surface area contributed by atoms with E-state index >= 15 is 0 Å². The fraction of sp³-hybridized carbons (Fsp3) is 0.778. The SMILES string of the molecule is CN1CCN(C)C1=O.O=C1NCCCN1. The zero-order valence-electron chi connectivity index (χ0n) is 9.25. The first-order valence-corrected chi connectivity index (χ1v) is 5.09. The number of hydrogen-bond acceptors (Lipinski definition) is 2. The van der Waals surface area contributed by atoms with Gasteiger partial charge in [-0.2, -0.15) is 0 Å². The van der Waals surface area contributed by atoms with E-state index < -0.39 is 0 Å². The summed E-state index contributed by atoms with van der Waals surface area (Å²) in [5, 5.41) is 5.26. The number of likely N-dealkylation sites (N-methyl/N-ethyl adjacent to an activating group) is 2. The van der Waals surface area contributed by atoms with Crippen molar-refractivity contribution in [3.63, 3.8) is 0 Å². The topological polar surface area (TPSA) is 64.7 Å². The van der Waals surface area contributed by atoms with Crippen LogP contribution in [0.15, 0.2) is 0 Å². The maximum atomic E-state index is 10.8. The molecule has 0 radical (unpaired) electrons. The van der Waals surface area contributed by atoms with Gasteiger partial charge in [0.25, 0.3) is 0 Å². The van der Waals surface area contributed by atoms with E-state index in [0.717, 1.165) is 32.6 Å². The molecule has 0 aromatic heterocycles. The van der Waals surface area contributed by atoms with Gasteiger partial charge in [-0.15, -0.1) is 0 Å². The predicted molar refractivity (Wildman–Crippen MR) is 56.7 cm³/mol. The third-order valence-corrected chi connectivity index (χ3v) is 2.35. The van der Waals surface area contributed by atoms with Crippen molar-refractivity contribution in [1.29, 1.82) is 0 Å². The summed E-state index contributed by atoms with van der Waals surface area (Å²) in [4.78, 5) is 24.4. The summed E-state index contributed by atoms with van der Waals surface area (Å²) in [5.74, 6) is 0. The molecule has 15 heavy (non-hydrogen) atoms. The Morgan fingerprint density at radius 3 is 1.67 bits per heavy atom. The number of urea groups is 2. The van der Waals surface area contributed by atoms with E-state index in [1.165, 1.54) is 0 Å². The highest BCUT2D eigenvalue weighted by Gasteiger charge is 2.20. The second kappa shape index (κ2) is 5.43. The summed E-state index contributed by atoms with van der Waals surface area (Å²) in [7, 11) is 3.62. The van der Waals surface area contributed by atoms with Crippen LogP contribution in [0.3, 0.4) is 0 Å². The highest BCUT2D eigenvalue weighted by Crippen LogP contribution is 2.00. The smallest absolute Gasteiger partial charge is 0.319 e. The van der Waals surface area contributed by atoms with Gasteiger partial charge in [-0.25, -0.2) is 9.59 Å². The molecule has 0 bridgehead atoms. The number of amides is 4. The lowest BCUT2D eigenvalue weighted by Crippen LogP contribution is -2.42. The van der Waals surface area contributed by atoms with E-state index in [1.807, 2.05) is 14.1 Å². The molecular formula is C9H18N4O2. The van der Waals surface area contributed by atoms with Crippen LogP contribution in [0.2, 0.25) is 0 Å². The predicted octanol–water partition coefficient (Wildman–Crippen LogP) is -0.327. The number of hydrogen-bond donors (Lipinski definition) is 2. The molecule has 0 atom stereocenters. The highest BCUT2D eigenvalue weighted by atomic mass is 16.2. The molecule has 2 aliphatic rings. The molecule has 0 aliphatic carbocycles. The molecule has 2 aliphatic heterocycles. The Kier molecular flexibility index (Phi) is 4.20. The maximum Gasteiger partial charge on any atom is 0.319 e. The third kappa shape index (κ3) is 3.65. The lowest BCUT2D eigenvalue weighted by molar-refractivity contribution is 0.205. The minimum absolute atomic E-state index is 0.0359. The van der Waals surface area contributed by atoms with Crippen LogP contribution in [0, 0.1) is 0 Å². The van der Waals surface area contributed by atoms with Crippen LogP contribution in [-0.2, 0) is 0 Å². The van der Waals surface area contributed by atoms with E-state index in [9.17, 15) is 9.59 Å². The molecule has 2 saturated heterocycles. The Bertz CT molecular complexity index is 224. The van der Waals surface area contributed by atoms with Crippen LogP contribution in [0.5, 0.6) is 0 Å². The maximum absolute atomic E-state index is 10.8. The fourth-order valence-electron chi connectivity index (χ4n) is 1.34. The van der Waals surface area contributed by atoms with E-state index in [2.05, 4.69) is 10.6 Å². The number of nitrogens with one attached hydrogen (secondary N) is 2. The van der Waals surface area contributed by atoms with Crippen LogP contribution in [-0.4, -0.2) is 62.1 Å². The van der Waals surface area contributed by atoms with Gasteiger partial charge in [0, 0.05) is 40.3 Å². The molecule has 0 aromatic carbocycles. The first-order valence-electron chi connectivity index (χ1n) is 5.09. The molecule has 6 heteroatoms. The standard InChI is InChI=1S/C5H10N2O.C4H8N2O/c1-6-3-4-7(2)5(6)8;7-4-5-2-1-3-6-4/h3-4H2,1-2H3;1-3H2,(H2,5,6,7). The van der Waals surface area contributed by atoms with E-state index in [0.29, 0.717) is 0 Å². The number of carbonyl (C=O) groups excluding carboxylic acids is 2. The van der Waals surface area contributed by atoms with Gasteiger partial charge in [0.2, 0.25) is 0 Å². The molecule has 6 nitrogen and oxygen atoms in total. The fourth-order valence-corrected chi connectivity index (χ4v) is 1.34. The Labute approximate surface area is 89.6 Å². The molecule has 86 valence electrons. The Morgan fingerprint density at radius 2 is 1.47 bits per heavy atom. The van der Waals surface area contributed by atoms with Crippen molar-refractivity contribution in [2.75, 3.05) is 40.3 Å². The van der Waals surface area contributed by atoms with Crippen molar-refractivity contribution in [2.45, 2.75) is 6.42 Å². The van der Waals surface area contributed by atoms with Gasteiger partial charge < -0.3 is 20.4 Å². The molecule has 0 saturated carbocycles. The average molecular weight is 214 g/mol. The zero-order chi connectivity index (χ0) is 11.3. The van der Waals surface area contributed by atoms with Crippen LogP contribution in [0.25, 0.3) is 0 Å². The quantitative estimate of drug-likeness (QED) is 0.580. The van der Waals surface area contributed by atoms with Gasteiger partial charge in [0.05, 0.1) is 0 Å². The monoisotopic (exact) mass is 214 g/mol. The molecule has 2 heterocycles. The van der Waals surface area contributed by atoms with Crippen molar-refractivity contribution >= 4 is 12.1 Å². The van der Waals surface area contributed by atoms with E-state index in [4.69, 9.17) is 0 Å². The molecule has 0 spiro atoms. The Hall–Kier alpha value is -1.46. The Morgan fingerprint density at radius 1 is 1.00 bits per heavy atom. The number of nitrogens with zero attached hydrogens (tertiary/aromatic N) is 2. The summed E-state index contributed by atoms with van der Waals surface area (Å²) in [6.07, 6.45) is 1.05. The van der Waals surface area contributed by atoms with Crippen molar-refractivity contribution in [2.24, 2.45) is 0 Å². The zero-order valence-corrected chi connectivity index (χ0v) is 9.25. The minimum atomic E-state index is -0.0359. The summed E-state index contributed by atoms with van der Waals surface area (Å²) in [5.41, 5.74) is 0. The average Bonchev–Trinajstić information content (AvgIpc) is 2.52. The van der Waals surface area contributed by atoms with E-state index in [-0.39, 0.29) is 12.1 Å². The first-order chi connectivity index (χ1) is 7.11.